The van der Waals surface area contributed by atoms with Gasteiger partial charge in [-0.05, 0) is 26.3 Å². The van der Waals surface area contributed by atoms with Crippen LogP contribution < -0.4 is 5.32 Å². The molecule has 3 unspecified atom stereocenters. The lowest BCUT2D eigenvalue weighted by Crippen LogP contribution is -2.36. The number of aromatic nitrogens is 2. The average molecular weight is 428 g/mol. The zero-order chi connectivity index (χ0) is 21.5. The lowest BCUT2D eigenvalue weighted by molar-refractivity contribution is -0.146. The second kappa shape index (κ2) is 10.3. The zero-order valence-corrected chi connectivity index (χ0v) is 17.9. The van der Waals surface area contributed by atoms with Gasteiger partial charge in [0.25, 0.3) is 0 Å². The number of anilines is 1. The minimum Gasteiger partial charge on any atom is -0.465 e. The maximum atomic E-state index is 12.8. The van der Waals surface area contributed by atoms with Crippen LogP contribution in [0.1, 0.15) is 26.7 Å². The number of nitrogens with one attached hydrogen (secondary N) is 1. The number of nitrogens with zero attached hydrogens (tertiary/aromatic N) is 4. The van der Waals surface area contributed by atoms with E-state index in [1.165, 1.54) is 11.8 Å². The zero-order valence-electron chi connectivity index (χ0n) is 17.1. The van der Waals surface area contributed by atoms with Crippen LogP contribution in [0, 0.1) is 17.2 Å². The first kappa shape index (κ1) is 21.8. The fourth-order valence-corrected chi connectivity index (χ4v) is 5.13. The number of esters is 1. The Balaban J connectivity index is 1.61. The molecule has 1 aliphatic rings. The first-order valence-corrected chi connectivity index (χ1v) is 11.0. The van der Waals surface area contributed by atoms with Crippen molar-refractivity contribution in [3.63, 3.8) is 0 Å². The predicted molar refractivity (Wildman–Crippen MR) is 116 cm³/mol. The normalized spacial score (nSPS) is 19.5. The van der Waals surface area contributed by atoms with E-state index in [1.807, 2.05) is 31.2 Å². The fraction of sp³-hybridized carbons (Fsp3) is 0.476. The van der Waals surface area contributed by atoms with E-state index in [4.69, 9.17) is 4.74 Å². The summed E-state index contributed by atoms with van der Waals surface area (Å²) < 4.78 is 4.98. The molecule has 1 aromatic carbocycles. The van der Waals surface area contributed by atoms with Gasteiger partial charge < -0.3 is 15.0 Å². The van der Waals surface area contributed by atoms with Crippen molar-refractivity contribution < 1.29 is 14.3 Å². The Morgan fingerprint density at radius 1 is 1.37 bits per heavy atom. The molecule has 1 aromatic heterocycles. The van der Waals surface area contributed by atoms with Gasteiger partial charge in [-0.3, -0.25) is 9.59 Å². The Morgan fingerprint density at radius 3 is 2.90 bits per heavy atom. The van der Waals surface area contributed by atoms with Crippen LogP contribution in [0.3, 0.4) is 0 Å². The number of carbonyl (C=O) groups is 2. The Morgan fingerprint density at radius 2 is 2.17 bits per heavy atom. The van der Waals surface area contributed by atoms with E-state index in [0.717, 1.165) is 16.5 Å². The van der Waals surface area contributed by atoms with Gasteiger partial charge in [0.15, 0.2) is 0 Å². The van der Waals surface area contributed by atoms with Crippen LogP contribution in [0.15, 0.2) is 30.6 Å². The van der Waals surface area contributed by atoms with Gasteiger partial charge in [-0.25, -0.2) is 0 Å². The summed E-state index contributed by atoms with van der Waals surface area (Å²) in [5.41, 5.74) is 0.952. The monoisotopic (exact) mass is 427 g/mol. The van der Waals surface area contributed by atoms with E-state index >= 15 is 0 Å². The summed E-state index contributed by atoms with van der Waals surface area (Å²) in [7, 11) is 0. The van der Waals surface area contributed by atoms with Crippen LogP contribution in [-0.2, 0) is 14.3 Å². The van der Waals surface area contributed by atoms with Crippen molar-refractivity contribution in [2.75, 3.05) is 25.0 Å². The molecule has 1 aliphatic heterocycles. The van der Waals surface area contributed by atoms with Crippen LogP contribution in [0.25, 0.3) is 10.8 Å². The molecule has 0 spiro atoms. The van der Waals surface area contributed by atoms with Crippen LogP contribution in [0.2, 0.25) is 0 Å². The SMILES string of the molecule is CCOC(=O)C(C#N)CC1SC(CCNc2cccc3cnncc23)C(=O)N1CC. The maximum absolute atomic E-state index is 12.8. The number of rotatable bonds is 9. The third-order valence-corrected chi connectivity index (χ3v) is 6.57. The highest BCUT2D eigenvalue weighted by Crippen LogP contribution is 2.37. The molecule has 8 nitrogen and oxygen atoms in total. The third kappa shape index (κ3) is 4.82. The number of benzene rings is 1. The summed E-state index contributed by atoms with van der Waals surface area (Å²) in [5, 5.41) is 22.2. The number of ether oxygens (including phenoxy) is 1. The molecule has 2 heterocycles. The van der Waals surface area contributed by atoms with E-state index in [1.54, 1.807) is 24.2 Å². The smallest absolute Gasteiger partial charge is 0.323 e. The summed E-state index contributed by atoms with van der Waals surface area (Å²) in [4.78, 5) is 26.6. The number of nitriles is 1. The number of hydrogen-bond donors (Lipinski definition) is 1. The highest BCUT2D eigenvalue weighted by atomic mass is 32.2. The van der Waals surface area contributed by atoms with Gasteiger partial charge in [0.1, 0.15) is 5.92 Å². The molecule has 3 atom stereocenters. The van der Waals surface area contributed by atoms with Crippen LogP contribution in [0.4, 0.5) is 5.69 Å². The first-order chi connectivity index (χ1) is 14.6. The molecule has 3 rings (SSSR count). The third-order valence-electron chi connectivity index (χ3n) is 5.04. The summed E-state index contributed by atoms with van der Waals surface area (Å²) in [6.07, 6.45) is 4.36. The van der Waals surface area contributed by atoms with Gasteiger partial charge in [-0.2, -0.15) is 15.5 Å². The molecule has 30 heavy (non-hydrogen) atoms. The average Bonchev–Trinajstić information content (AvgIpc) is 3.06. The number of amides is 1. The summed E-state index contributed by atoms with van der Waals surface area (Å²) in [5.74, 6) is -1.33. The Labute approximate surface area is 180 Å². The lowest BCUT2D eigenvalue weighted by Gasteiger charge is -2.23. The molecule has 158 valence electrons. The van der Waals surface area contributed by atoms with Crippen molar-refractivity contribution in [1.82, 2.24) is 15.1 Å². The van der Waals surface area contributed by atoms with Gasteiger partial charge >= 0.3 is 5.97 Å². The second-order valence-corrected chi connectivity index (χ2v) is 8.27. The summed E-state index contributed by atoms with van der Waals surface area (Å²) >= 11 is 1.52. The Hall–Kier alpha value is -2.86. The van der Waals surface area contributed by atoms with Gasteiger partial charge in [0.2, 0.25) is 5.91 Å². The molecular formula is C21H25N5O3S. The quantitative estimate of drug-likeness (QED) is 0.609. The minimum absolute atomic E-state index is 0.0543. The molecule has 9 heteroatoms. The molecular weight excluding hydrogens is 402 g/mol. The predicted octanol–water partition coefficient (Wildman–Crippen LogP) is 2.81. The van der Waals surface area contributed by atoms with Crippen LogP contribution in [-0.4, -0.2) is 57.3 Å². The maximum Gasteiger partial charge on any atom is 0.323 e. The number of hydrogen-bond acceptors (Lipinski definition) is 8. The molecule has 1 saturated heterocycles. The van der Waals surface area contributed by atoms with Crippen LogP contribution in [0.5, 0.6) is 0 Å². The van der Waals surface area contributed by atoms with E-state index in [2.05, 4.69) is 15.5 Å². The summed E-state index contributed by atoms with van der Waals surface area (Å²) in [6, 6.07) is 7.93. The van der Waals surface area contributed by atoms with E-state index in [0.29, 0.717) is 19.5 Å². The van der Waals surface area contributed by atoms with E-state index in [-0.39, 0.29) is 29.6 Å². The molecule has 0 saturated carbocycles. The highest BCUT2D eigenvalue weighted by Gasteiger charge is 2.41. The van der Waals surface area contributed by atoms with Crippen molar-refractivity contribution in [1.29, 1.82) is 5.26 Å². The highest BCUT2D eigenvalue weighted by molar-refractivity contribution is 8.01. The molecule has 1 amide bonds. The minimum atomic E-state index is -0.863. The Bertz CT molecular complexity index is 942. The van der Waals surface area contributed by atoms with Gasteiger partial charge in [-0.15, -0.1) is 11.8 Å². The van der Waals surface area contributed by atoms with Crippen molar-refractivity contribution in [2.24, 2.45) is 5.92 Å². The van der Waals surface area contributed by atoms with Crippen molar-refractivity contribution in [3.8, 4) is 6.07 Å². The molecule has 2 aromatic rings. The molecule has 1 fully saturated rings. The van der Waals surface area contributed by atoms with Gasteiger partial charge in [0.05, 0.1) is 35.7 Å². The second-order valence-electron chi connectivity index (χ2n) is 6.89. The Kier molecular flexibility index (Phi) is 7.46. The van der Waals surface area contributed by atoms with E-state index < -0.39 is 11.9 Å². The number of carbonyl (C=O) groups excluding carboxylic acids is 2. The largest absolute Gasteiger partial charge is 0.465 e. The topological polar surface area (TPSA) is 108 Å². The van der Waals surface area contributed by atoms with Crippen LogP contribution >= 0.6 is 11.8 Å². The molecule has 1 N–H and O–H groups in total. The van der Waals surface area contributed by atoms with Crippen molar-refractivity contribution in [2.45, 2.75) is 37.3 Å². The van der Waals surface area contributed by atoms with E-state index in [9.17, 15) is 14.9 Å². The van der Waals surface area contributed by atoms with Gasteiger partial charge in [0, 0.05) is 36.0 Å². The molecule has 0 bridgehead atoms. The first-order valence-electron chi connectivity index (χ1n) is 10.0. The van der Waals surface area contributed by atoms with Gasteiger partial charge in [-0.1, -0.05) is 12.1 Å². The number of thioether (sulfide) groups is 1. The van der Waals surface area contributed by atoms with Crippen molar-refractivity contribution in [3.05, 3.63) is 30.6 Å². The lowest BCUT2D eigenvalue weighted by atomic mass is 10.1. The molecule has 0 aliphatic carbocycles. The summed E-state index contributed by atoms with van der Waals surface area (Å²) in [6.45, 7) is 5.02. The standard InChI is InChI=1S/C21H25N5O3S/c1-3-26-19(10-15(11-22)21(28)29-4-2)30-18(20(26)27)8-9-23-17-7-5-6-14-12-24-25-13-16(14)17/h5-7,12-13,15,18-19,23H,3-4,8-10H2,1-2H3. The molecule has 0 radical (unpaired) electrons. The van der Waals surface area contributed by atoms with Crippen molar-refractivity contribution >= 4 is 40.1 Å². The fourth-order valence-electron chi connectivity index (χ4n) is 3.55. The number of fused-ring (bicyclic) bond motifs is 1.